The van der Waals surface area contributed by atoms with Crippen molar-refractivity contribution in [3.63, 3.8) is 0 Å². The first-order valence-electron chi connectivity index (χ1n) is 4.73. The van der Waals surface area contributed by atoms with Crippen LogP contribution in [-0.4, -0.2) is 39.7 Å². The van der Waals surface area contributed by atoms with Crippen molar-refractivity contribution in [2.45, 2.75) is 6.42 Å². The summed E-state index contributed by atoms with van der Waals surface area (Å²) in [7, 11) is 0. The van der Waals surface area contributed by atoms with Crippen LogP contribution >= 0.6 is 23.4 Å². The van der Waals surface area contributed by atoms with E-state index in [1.54, 1.807) is 17.8 Å². The van der Waals surface area contributed by atoms with Gasteiger partial charge in [-0.05, 0) is 12.2 Å². The number of thioether (sulfide) groups is 1. The molecule has 2 N–H and O–H groups in total. The Balaban J connectivity index is 2.10. The summed E-state index contributed by atoms with van der Waals surface area (Å²) in [4.78, 5) is 7.81. The van der Waals surface area contributed by atoms with Crippen LogP contribution in [0.15, 0.2) is 12.4 Å². The molecule has 1 aromatic rings. The molecule has 1 rings (SSSR count). The van der Waals surface area contributed by atoms with Crippen molar-refractivity contribution in [2.75, 3.05) is 30.0 Å². The van der Waals surface area contributed by atoms with Gasteiger partial charge in [-0.1, -0.05) is 11.6 Å². The zero-order valence-electron chi connectivity index (χ0n) is 8.32. The molecule has 0 aliphatic rings. The minimum atomic E-state index is 0.266. The maximum absolute atomic E-state index is 8.57. The third kappa shape index (κ3) is 5.81. The second-order valence-corrected chi connectivity index (χ2v) is 4.45. The number of rotatable bonds is 7. The molecule has 0 aliphatic carbocycles. The molecule has 0 saturated heterocycles. The van der Waals surface area contributed by atoms with Gasteiger partial charge in [0.15, 0.2) is 0 Å². The molecule has 1 heterocycles. The molecule has 0 bridgehead atoms. The van der Waals surface area contributed by atoms with Crippen molar-refractivity contribution in [2.24, 2.45) is 0 Å². The van der Waals surface area contributed by atoms with E-state index in [1.165, 1.54) is 6.33 Å². The molecule has 0 unspecified atom stereocenters. The van der Waals surface area contributed by atoms with E-state index in [0.717, 1.165) is 30.3 Å². The van der Waals surface area contributed by atoms with Gasteiger partial charge in [-0.25, -0.2) is 9.97 Å². The van der Waals surface area contributed by atoms with Gasteiger partial charge >= 0.3 is 0 Å². The lowest BCUT2D eigenvalue weighted by Gasteiger charge is -2.04. The molecule has 15 heavy (non-hydrogen) atoms. The van der Waals surface area contributed by atoms with Gasteiger partial charge in [0.1, 0.15) is 17.3 Å². The van der Waals surface area contributed by atoms with E-state index in [-0.39, 0.29) is 6.61 Å². The zero-order valence-corrected chi connectivity index (χ0v) is 9.89. The number of halogens is 1. The second-order valence-electron chi connectivity index (χ2n) is 2.84. The van der Waals surface area contributed by atoms with Crippen molar-refractivity contribution in [3.8, 4) is 0 Å². The standard InChI is InChI=1S/C9H14ClN3OS/c10-8-6-9(13-7-12-8)11-2-5-15-4-1-3-14/h6-7,14H,1-5H2,(H,11,12,13). The number of aliphatic hydroxyl groups is 1. The van der Waals surface area contributed by atoms with E-state index in [0.29, 0.717) is 5.15 Å². The predicted molar refractivity (Wildman–Crippen MR) is 64.6 cm³/mol. The number of hydrogen-bond acceptors (Lipinski definition) is 5. The van der Waals surface area contributed by atoms with Crippen molar-refractivity contribution in [1.29, 1.82) is 0 Å². The Bertz CT molecular complexity index is 288. The summed E-state index contributed by atoms with van der Waals surface area (Å²) >= 11 is 7.50. The highest BCUT2D eigenvalue weighted by molar-refractivity contribution is 7.99. The van der Waals surface area contributed by atoms with Gasteiger partial charge in [-0.15, -0.1) is 0 Å². The first-order valence-corrected chi connectivity index (χ1v) is 6.26. The zero-order chi connectivity index (χ0) is 10.9. The molecule has 0 aromatic carbocycles. The van der Waals surface area contributed by atoms with Crippen LogP contribution in [0.2, 0.25) is 5.15 Å². The molecule has 1 aromatic heterocycles. The number of aliphatic hydroxyl groups excluding tert-OH is 1. The fourth-order valence-corrected chi connectivity index (χ4v) is 1.88. The maximum Gasteiger partial charge on any atom is 0.134 e. The van der Waals surface area contributed by atoms with Crippen molar-refractivity contribution in [3.05, 3.63) is 17.5 Å². The topological polar surface area (TPSA) is 58.0 Å². The lowest BCUT2D eigenvalue weighted by atomic mass is 10.5. The van der Waals surface area contributed by atoms with Gasteiger partial charge < -0.3 is 10.4 Å². The van der Waals surface area contributed by atoms with Gasteiger partial charge in [0, 0.05) is 25.0 Å². The fraction of sp³-hybridized carbons (Fsp3) is 0.556. The van der Waals surface area contributed by atoms with E-state index < -0.39 is 0 Å². The molecule has 0 saturated carbocycles. The summed E-state index contributed by atoms with van der Waals surface area (Å²) in [6, 6.07) is 1.69. The summed E-state index contributed by atoms with van der Waals surface area (Å²) < 4.78 is 0. The number of nitrogens with one attached hydrogen (secondary N) is 1. The normalized spacial score (nSPS) is 10.3. The summed E-state index contributed by atoms with van der Waals surface area (Å²) in [6.45, 7) is 1.10. The summed E-state index contributed by atoms with van der Waals surface area (Å²) in [6.07, 6.45) is 2.29. The smallest absolute Gasteiger partial charge is 0.134 e. The summed E-state index contributed by atoms with van der Waals surface area (Å²) in [5.74, 6) is 2.72. The van der Waals surface area contributed by atoms with Crippen LogP contribution in [0, 0.1) is 0 Å². The Kier molecular flexibility index (Phi) is 6.47. The largest absolute Gasteiger partial charge is 0.396 e. The number of aromatic nitrogens is 2. The Morgan fingerprint density at radius 1 is 1.40 bits per heavy atom. The van der Waals surface area contributed by atoms with Crippen molar-refractivity contribution >= 4 is 29.2 Å². The monoisotopic (exact) mass is 247 g/mol. The second kappa shape index (κ2) is 7.73. The molecular weight excluding hydrogens is 234 g/mol. The Labute approximate surface area is 98.5 Å². The molecule has 4 nitrogen and oxygen atoms in total. The molecule has 0 amide bonds. The lowest BCUT2D eigenvalue weighted by Crippen LogP contribution is -2.06. The van der Waals surface area contributed by atoms with Crippen LogP contribution in [0.3, 0.4) is 0 Å². The number of anilines is 1. The minimum Gasteiger partial charge on any atom is -0.396 e. The molecular formula is C9H14ClN3OS. The minimum absolute atomic E-state index is 0.266. The molecule has 84 valence electrons. The van der Waals surface area contributed by atoms with Crippen LogP contribution in [0.1, 0.15) is 6.42 Å². The van der Waals surface area contributed by atoms with Gasteiger partial charge in [-0.3, -0.25) is 0 Å². The highest BCUT2D eigenvalue weighted by Gasteiger charge is 1.95. The Morgan fingerprint density at radius 3 is 3.00 bits per heavy atom. The van der Waals surface area contributed by atoms with Gasteiger partial charge in [0.25, 0.3) is 0 Å². The van der Waals surface area contributed by atoms with Crippen LogP contribution in [0.5, 0.6) is 0 Å². The average molecular weight is 248 g/mol. The Hall–Kier alpha value is -0.520. The third-order valence-corrected chi connectivity index (χ3v) is 2.91. The first-order chi connectivity index (χ1) is 7.33. The van der Waals surface area contributed by atoms with Crippen molar-refractivity contribution in [1.82, 2.24) is 9.97 Å². The van der Waals surface area contributed by atoms with Gasteiger partial charge in [-0.2, -0.15) is 11.8 Å². The SMILES string of the molecule is OCCCSCCNc1cc(Cl)ncn1. The van der Waals surface area contributed by atoms with E-state index >= 15 is 0 Å². The molecule has 0 radical (unpaired) electrons. The molecule has 0 spiro atoms. The van der Waals surface area contributed by atoms with Gasteiger partial charge in [0.05, 0.1) is 0 Å². The van der Waals surface area contributed by atoms with E-state index in [9.17, 15) is 0 Å². The Morgan fingerprint density at radius 2 is 2.27 bits per heavy atom. The van der Waals surface area contributed by atoms with E-state index in [4.69, 9.17) is 16.7 Å². The first kappa shape index (κ1) is 12.5. The van der Waals surface area contributed by atoms with Crippen LogP contribution in [0.25, 0.3) is 0 Å². The number of hydrogen-bond donors (Lipinski definition) is 2. The van der Waals surface area contributed by atoms with E-state index in [2.05, 4.69) is 15.3 Å². The van der Waals surface area contributed by atoms with Crippen LogP contribution in [-0.2, 0) is 0 Å². The highest BCUT2D eigenvalue weighted by Crippen LogP contribution is 2.08. The van der Waals surface area contributed by atoms with E-state index in [1.807, 2.05) is 0 Å². The summed E-state index contributed by atoms with van der Waals surface area (Å²) in [5.41, 5.74) is 0. The lowest BCUT2D eigenvalue weighted by molar-refractivity contribution is 0.296. The quantitative estimate of drug-likeness (QED) is 0.567. The molecule has 0 fully saturated rings. The highest BCUT2D eigenvalue weighted by atomic mass is 35.5. The number of nitrogens with zero attached hydrogens (tertiary/aromatic N) is 2. The van der Waals surface area contributed by atoms with Gasteiger partial charge in [0.2, 0.25) is 0 Å². The summed E-state index contributed by atoms with van der Waals surface area (Å²) in [5, 5.41) is 12.2. The molecule has 0 aliphatic heterocycles. The molecule has 0 atom stereocenters. The van der Waals surface area contributed by atoms with Crippen molar-refractivity contribution < 1.29 is 5.11 Å². The average Bonchev–Trinajstić information content (AvgIpc) is 2.23. The predicted octanol–water partition coefficient (Wildman–Crippen LogP) is 1.66. The van der Waals surface area contributed by atoms with Crippen LogP contribution in [0.4, 0.5) is 5.82 Å². The molecule has 6 heteroatoms. The fourth-order valence-electron chi connectivity index (χ4n) is 0.950. The van der Waals surface area contributed by atoms with Crippen LogP contribution < -0.4 is 5.32 Å². The third-order valence-electron chi connectivity index (χ3n) is 1.63. The maximum atomic E-state index is 8.57.